The van der Waals surface area contributed by atoms with Gasteiger partial charge in [0.1, 0.15) is 18.0 Å². The Kier molecular flexibility index (Phi) is 4.81. The normalized spacial score (nSPS) is 12.1. The van der Waals surface area contributed by atoms with Gasteiger partial charge < -0.3 is 5.32 Å². The highest BCUT2D eigenvalue weighted by molar-refractivity contribution is 5.78. The summed E-state index contributed by atoms with van der Waals surface area (Å²) in [6.45, 7) is 2.27. The number of nitrogens with zero attached hydrogens (tertiary/aromatic N) is 2. The maximum Gasteiger partial charge on any atom is 0.223 e. The van der Waals surface area contributed by atoms with Crippen LogP contribution in [0.3, 0.4) is 0 Å². The molecule has 1 aromatic carbocycles. The fraction of sp³-hybridized carbons (Fsp3) is 0.357. The Hall–Kier alpha value is -2.24. The highest BCUT2D eigenvalue weighted by Gasteiger charge is 2.15. The van der Waals surface area contributed by atoms with E-state index in [-0.39, 0.29) is 17.6 Å². The number of carbonyl (C=O) groups excluding carboxylic acids is 1. The van der Waals surface area contributed by atoms with Crippen LogP contribution in [0.2, 0.25) is 0 Å². The molecule has 0 aliphatic carbocycles. The average Bonchev–Trinajstić information content (AvgIpc) is 2.94. The molecular formula is C14H17FN4O. The maximum atomic E-state index is 13.5. The molecule has 0 saturated carbocycles. The summed E-state index contributed by atoms with van der Waals surface area (Å²) in [6, 6.07) is 6.52. The van der Waals surface area contributed by atoms with E-state index in [4.69, 9.17) is 0 Å². The molecule has 1 unspecified atom stereocenters. The summed E-state index contributed by atoms with van der Waals surface area (Å²) >= 11 is 0. The van der Waals surface area contributed by atoms with Gasteiger partial charge in [-0.2, -0.15) is 5.10 Å². The van der Waals surface area contributed by atoms with Crippen molar-refractivity contribution in [2.24, 2.45) is 5.92 Å². The molecule has 2 rings (SSSR count). The third-order valence-corrected chi connectivity index (χ3v) is 3.06. The van der Waals surface area contributed by atoms with E-state index in [1.165, 1.54) is 12.4 Å². The lowest BCUT2D eigenvalue weighted by molar-refractivity contribution is -0.124. The van der Waals surface area contributed by atoms with Crippen molar-refractivity contribution >= 4 is 5.91 Å². The number of aromatic nitrogens is 3. The number of amides is 1. The van der Waals surface area contributed by atoms with Crippen LogP contribution >= 0.6 is 0 Å². The summed E-state index contributed by atoms with van der Waals surface area (Å²) < 4.78 is 13.5. The summed E-state index contributed by atoms with van der Waals surface area (Å²) in [5.74, 6) is 0.0928. The first-order chi connectivity index (χ1) is 9.66. The van der Waals surface area contributed by atoms with Gasteiger partial charge in [-0.1, -0.05) is 25.1 Å². The minimum absolute atomic E-state index is 0.0900. The zero-order valence-electron chi connectivity index (χ0n) is 11.3. The molecular weight excluding hydrogens is 259 g/mol. The molecule has 6 heteroatoms. The van der Waals surface area contributed by atoms with E-state index < -0.39 is 0 Å². The standard InChI is InChI=1S/C14H17FN4O/c1-10(8-11-4-2-3-5-12(11)15)14(20)16-7-6-13-17-9-18-19-13/h2-5,9-10H,6-8H2,1H3,(H,16,20)(H,17,18,19). The number of benzene rings is 1. The van der Waals surface area contributed by atoms with Gasteiger partial charge in [-0.15, -0.1) is 0 Å². The predicted octanol–water partition coefficient (Wildman–Crippen LogP) is 1.48. The van der Waals surface area contributed by atoms with E-state index in [9.17, 15) is 9.18 Å². The van der Waals surface area contributed by atoms with Gasteiger partial charge >= 0.3 is 0 Å². The molecule has 0 spiro atoms. The molecule has 0 aliphatic rings. The van der Waals surface area contributed by atoms with Crippen molar-refractivity contribution in [1.29, 1.82) is 0 Å². The van der Waals surface area contributed by atoms with Gasteiger partial charge in [-0.05, 0) is 18.1 Å². The third kappa shape index (κ3) is 3.88. The number of carbonyl (C=O) groups is 1. The van der Waals surface area contributed by atoms with Gasteiger partial charge in [0.25, 0.3) is 0 Å². The minimum Gasteiger partial charge on any atom is -0.355 e. The molecule has 0 aliphatic heterocycles. The van der Waals surface area contributed by atoms with Gasteiger partial charge in [0, 0.05) is 18.9 Å². The van der Waals surface area contributed by atoms with E-state index >= 15 is 0 Å². The van der Waals surface area contributed by atoms with Gasteiger partial charge in [-0.3, -0.25) is 9.89 Å². The van der Waals surface area contributed by atoms with Crippen molar-refractivity contribution in [3.63, 3.8) is 0 Å². The first kappa shape index (κ1) is 14.2. The number of aromatic amines is 1. The first-order valence-electron chi connectivity index (χ1n) is 6.52. The Morgan fingerprint density at radius 3 is 2.95 bits per heavy atom. The average molecular weight is 276 g/mol. The zero-order valence-corrected chi connectivity index (χ0v) is 11.3. The van der Waals surface area contributed by atoms with Crippen LogP contribution in [0.1, 0.15) is 18.3 Å². The van der Waals surface area contributed by atoms with Crippen molar-refractivity contribution in [2.45, 2.75) is 19.8 Å². The number of hydrogen-bond acceptors (Lipinski definition) is 3. The number of H-pyrrole nitrogens is 1. The zero-order chi connectivity index (χ0) is 14.4. The van der Waals surface area contributed by atoms with Gasteiger partial charge in [0.05, 0.1) is 0 Å². The molecule has 0 fully saturated rings. The van der Waals surface area contributed by atoms with E-state index in [0.29, 0.717) is 24.9 Å². The van der Waals surface area contributed by atoms with E-state index in [1.54, 1.807) is 25.1 Å². The molecule has 1 aromatic heterocycles. The third-order valence-electron chi connectivity index (χ3n) is 3.06. The summed E-state index contributed by atoms with van der Waals surface area (Å²) in [6.07, 6.45) is 2.41. The smallest absolute Gasteiger partial charge is 0.223 e. The molecule has 20 heavy (non-hydrogen) atoms. The molecule has 1 atom stereocenters. The minimum atomic E-state index is -0.276. The molecule has 0 bridgehead atoms. The van der Waals surface area contributed by atoms with Crippen LogP contribution in [0.15, 0.2) is 30.6 Å². The second-order valence-corrected chi connectivity index (χ2v) is 4.67. The van der Waals surface area contributed by atoms with Crippen LogP contribution in [-0.4, -0.2) is 27.6 Å². The Bertz CT molecular complexity index is 556. The molecule has 5 nitrogen and oxygen atoms in total. The molecule has 0 saturated heterocycles. The summed E-state index contributed by atoms with van der Waals surface area (Å²) in [5, 5.41) is 9.27. The number of rotatable bonds is 6. The molecule has 106 valence electrons. The van der Waals surface area contributed by atoms with Gasteiger partial charge in [0.2, 0.25) is 5.91 Å². The van der Waals surface area contributed by atoms with Crippen molar-refractivity contribution in [3.05, 3.63) is 47.8 Å². The van der Waals surface area contributed by atoms with E-state index in [0.717, 1.165) is 5.82 Å². The fourth-order valence-corrected chi connectivity index (χ4v) is 1.92. The van der Waals surface area contributed by atoms with Crippen LogP contribution in [0.4, 0.5) is 4.39 Å². The highest BCUT2D eigenvalue weighted by Crippen LogP contribution is 2.12. The second kappa shape index (κ2) is 6.79. The van der Waals surface area contributed by atoms with E-state index in [1.807, 2.05) is 0 Å². The quantitative estimate of drug-likeness (QED) is 0.839. The van der Waals surface area contributed by atoms with Crippen LogP contribution in [0, 0.1) is 11.7 Å². The molecule has 2 N–H and O–H groups in total. The lowest BCUT2D eigenvalue weighted by Crippen LogP contribution is -2.32. The Morgan fingerprint density at radius 1 is 1.45 bits per heavy atom. The molecule has 0 radical (unpaired) electrons. The summed E-state index contributed by atoms with van der Waals surface area (Å²) in [7, 11) is 0. The van der Waals surface area contributed by atoms with Gasteiger partial charge in [-0.25, -0.2) is 9.37 Å². The number of halogens is 1. The number of nitrogens with one attached hydrogen (secondary N) is 2. The van der Waals surface area contributed by atoms with Crippen molar-refractivity contribution in [1.82, 2.24) is 20.5 Å². The van der Waals surface area contributed by atoms with E-state index in [2.05, 4.69) is 20.5 Å². The predicted molar refractivity (Wildman–Crippen MR) is 72.4 cm³/mol. The molecule has 1 heterocycles. The van der Waals surface area contributed by atoms with Crippen LogP contribution < -0.4 is 5.32 Å². The second-order valence-electron chi connectivity index (χ2n) is 4.67. The lowest BCUT2D eigenvalue weighted by atomic mass is 10.00. The topological polar surface area (TPSA) is 70.7 Å². The largest absolute Gasteiger partial charge is 0.355 e. The van der Waals surface area contributed by atoms with Crippen LogP contribution in [-0.2, 0) is 17.6 Å². The Morgan fingerprint density at radius 2 is 2.25 bits per heavy atom. The lowest BCUT2D eigenvalue weighted by Gasteiger charge is -2.12. The van der Waals surface area contributed by atoms with Crippen molar-refractivity contribution < 1.29 is 9.18 Å². The van der Waals surface area contributed by atoms with Crippen LogP contribution in [0.25, 0.3) is 0 Å². The molecule has 1 amide bonds. The van der Waals surface area contributed by atoms with Crippen LogP contribution in [0.5, 0.6) is 0 Å². The first-order valence-corrected chi connectivity index (χ1v) is 6.52. The highest BCUT2D eigenvalue weighted by atomic mass is 19.1. The summed E-state index contributed by atoms with van der Waals surface area (Å²) in [4.78, 5) is 15.9. The maximum absolute atomic E-state index is 13.5. The van der Waals surface area contributed by atoms with Crippen molar-refractivity contribution in [2.75, 3.05) is 6.54 Å². The molecule has 2 aromatic rings. The summed E-state index contributed by atoms with van der Waals surface area (Å²) in [5.41, 5.74) is 0.561. The SMILES string of the molecule is CC(Cc1ccccc1F)C(=O)NCCc1ncn[nH]1. The number of hydrogen-bond donors (Lipinski definition) is 2. The van der Waals surface area contributed by atoms with Crippen molar-refractivity contribution in [3.8, 4) is 0 Å². The van der Waals surface area contributed by atoms with Gasteiger partial charge in [0.15, 0.2) is 0 Å². The fourth-order valence-electron chi connectivity index (χ4n) is 1.92. The monoisotopic (exact) mass is 276 g/mol. The Labute approximate surface area is 116 Å². The Balaban J connectivity index is 1.79.